The molecule has 2 aromatic carbocycles. The second-order valence-electron chi connectivity index (χ2n) is 8.28. The fourth-order valence-electron chi connectivity index (χ4n) is 2.67. The van der Waals surface area contributed by atoms with E-state index in [0.717, 1.165) is 11.4 Å². The van der Waals surface area contributed by atoms with E-state index in [4.69, 9.17) is 29.5 Å². The molecular formula is C22H28Cl3N2V. The molecule has 0 unspecified atom stereocenters. The summed E-state index contributed by atoms with van der Waals surface area (Å²) in [6, 6.07) is 16.5. The van der Waals surface area contributed by atoms with Gasteiger partial charge in [-0.05, 0) is 34.1 Å². The SMILES string of the molecule is CC(C)(C)c1ccccc1N=CC=Nc1ccccc1C(C)(C)C.[Cl][V]([Cl])[Cl]. The quantitative estimate of drug-likeness (QED) is 0.396. The summed E-state index contributed by atoms with van der Waals surface area (Å²) in [5.41, 5.74) is 4.63. The van der Waals surface area contributed by atoms with Gasteiger partial charge >= 0.3 is 41.8 Å². The molecule has 2 nitrogen and oxygen atoms in total. The topological polar surface area (TPSA) is 24.7 Å². The summed E-state index contributed by atoms with van der Waals surface area (Å²) in [4.78, 5) is 9.21. The average Bonchev–Trinajstić information content (AvgIpc) is 2.57. The van der Waals surface area contributed by atoms with Gasteiger partial charge in [0.25, 0.3) is 0 Å². The van der Waals surface area contributed by atoms with Crippen LogP contribution in [0.25, 0.3) is 0 Å². The van der Waals surface area contributed by atoms with Gasteiger partial charge in [0.1, 0.15) is 0 Å². The van der Waals surface area contributed by atoms with Gasteiger partial charge in [0.2, 0.25) is 0 Å². The van der Waals surface area contributed by atoms with Crippen LogP contribution in [0.1, 0.15) is 52.7 Å². The maximum atomic E-state index is 4.95. The van der Waals surface area contributed by atoms with Crippen LogP contribution in [0.3, 0.4) is 0 Å². The summed E-state index contributed by atoms with van der Waals surface area (Å²) in [6.07, 6.45) is 3.56. The van der Waals surface area contributed by atoms with Gasteiger partial charge in [0, 0.05) is 12.4 Å². The molecular weight excluding hydrogens is 450 g/mol. The Hall–Kier alpha value is -0.766. The number of para-hydroxylation sites is 2. The standard InChI is InChI=1S/C22H28N2.3ClH.V/c1-21(2,3)17-11-7-9-13-19(17)23-15-16-24-20-14-10-8-12-18(20)22(4,5)6;;;;/h7-16H,1-6H3;3*1H;/q;;;;+3/p-3. The molecule has 0 spiro atoms. The van der Waals surface area contributed by atoms with Crippen LogP contribution in [-0.2, 0) is 23.1 Å². The zero-order valence-electron chi connectivity index (χ0n) is 17.2. The van der Waals surface area contributed by atoms with E-state index >= 15 is 0 Å². The van der Waals surface area contributed by atoms with Gasteiger partial charge < -0.3 is 0 Å². The Morgan fingerprint density at radius 2 is 0.929 bits per heavy atom. The number of benzene rings is 2. The van der Waals surface area contributed by atoms with Gasteiger partial charge in [0.15, 0.2) is 0 Å². The number of rotatable bonds is 3. The van der Waals surface area contributed by atoms with Crippen molar-refractivity contribution in [2.24, 2.45) is 9.98 Å². The molecule has 0 aliphatic rings. The maximum absolute atomic E-state index is 4.95. The molecule has 0 radical (unpaired) electrons. The molecule has 0 aliphatic heterocycles. The van der Waals surface area contributed by atoms with E-state index in [1.54, 1.807) is 12.4 Å². The molecule has 0 amide bonds. The molecule has 0 atom stereocenters. The molecule has 28 heavy (non-hydrogen) atoms. The van der Waals surface area contributed by atoms with Crippen LogP contribution in [0.15, 0.2) is 58.5 Å². The first-order valence-electron chi connectivity index (χ1n) is 8.96. The van der Waals surface area contributed by atoms with Crippen LogP contribution in [-0.4, -0.2) is 12.4 Å². The van der Waals surface area contributed by atoms with Crippen molar-refractivity contribution in [2.45, 2.75) is 52.4 Å². The Morgan fingerprint density at radius 3 is 1.21 bits per heavy atom. The van der Waals surface area contributed by atoms with E-state index in [9.17, 15) is 0 Å². The molecule has 6 heteroatoms. The van der Waals surface area contributed by atoms with Crippen LogP contribution in [0.4, 0.5) is 11.4 Å². The number of hydrogen-bond donors (Lipinski definition) is 0. The molecule has 0 fully saturated rings. The molecule has 0 saturated carbocycles. The van der Waals surface area contributed by atoms with Crippen LogP contribution >= 0.6 is 29.5 Å². The van der Waals surface area contributed by atoms with E-state index < -0.39 is 12.3 Å². The van der Waals surface area contributed by atoms with Crippen LogP contribution in [0, 0.1) is 0 Å². The van der Waals surface area contributed by atoms with Crippen molar-refractivity contribution in [3.8, 4) is 0 Å². The van der Waals surface area contributed by atoms with E-state index in [2.05, 4.69) is 75.8 Å². The third-order valence-corrected chi connectivity index (χ3v) is 3.92. The third-order valence-electron chi connectivity index (χ3n) is 3.92. The number of hydrogen-bond acceptors (Lipinski definition) is 2. The second kappa shape index (κ2) is 11.4. The van der Waals surface area contributed by atoms with Crippen molar-refractivity contribution < 1.29 is 12.3 Å². The molecule has 152 valence electrons. The van der Waals surface area contributed by atoms with Gasteiger partial charge in [0.05, 0.1) is 11.4 Å². The summed E-state index contributed by atoms with van der Waals surface area (Å²) in [7, 11) is 14.9. The first-order valence-corrected chi connectivity index (χ1v) is 14.7. The van der Waals surface area contributed by atoms with Crippen molar-refractivity contribution >= 4 is 53.3 Å². The van der Waals surface area contributed by atoms with Crippen LogP contribution in [0.2, 0.25) is 0 Å². The molecule has 2 rings (SSSR count). The fraction of sp³-hybridized carbons (Fsp3) is 0.364. The Balaban J connectivity index is 0.000000892. The van der Waals surface area contributed by atoms with E-state index in [1.165, 1.54) is 11.1 Å². The van der Waals surface area contributed by atoms with Crippen molar-refractivity contribution in [2.75, 3.05) is 0 Å². The summed E-state index contributed by atoms with van der Waals surface area (Å²) in [6.45, 7) is 13.2. The van der Waals surface area contributed by atoms with E-state index in [0.29, 0.717) is 0 Å². The normalized spacial score (nSPS) is 12.5. The molecule has 2 aromatic rings. The van der Waals surface area contributed by atoms with E-state index in [1.807, 2.05) is 24.3 Å². The van der Waals surface area contributed by atoms with Crippen molar-refractivity contribution in [1.29, 1.82) is 0 Å². The van der Waals surface area contributed by atoms with Crippen molar-refractivity contribution in [1.82, 2.24) is 0 Å². The first kappa shape index (κ1) is 25.3. The predicted octanol–water partition coefficient (Wildman–Crippen LogP) is 8.45. The number of halogens is 3. The number of aliphatic imine (C=N–C) groups is 2. The molecule has 0 bridgehead atoms. The third kappa shape index (κ3) is 9.16. The monoisotopic (exact) mass is 476 g/mol. The minimum absolute atomic E-state index is 0.0733. The fourth-order valence-corrected chi connectivity index (χ4v) is 2.67. The van der Waals surface area contributed by atoms with Gasteiger partial charge in [-0.25, -0.2) is 0 Å². The Kier molecular flexibility index (Phi) is 10.3. The summed E-state index contributed by atoms with van der Waals surface area (Å²) < 4.78 is 0. The molecule has 0 N–H and O–H groups in total. The zero-order valence-corrected chi connectivity index (χ0v) is 20.9. The van der Waals surface area contributed by atoms with Gasteiger partial charge in [-0.1, -0.05) is 77.9 Å². The van der Waals surface area contributed by atoms with Gasteiger partial charge in [-0.15, -0.1) is 0 Å². The summed E-state index contributed by atoms with van der Waals surface area (Å²) in [5, 5.41) is 0. The summed E-state index contributed by atoms with van der Waals surface area (Å²) in [5.74, 6) is 0. The van der Waals surface area contributed by atoms with Crippen molar-refractivity contribution in [3.63, 3.8) is 0 Å². The molecule has 0 aliphatic carbocycles. The molecule has 0 aromatic heterocycles. The minimum atomic E-state index is -1.77. The Morgan fingerprint density at radius 1 is 0.643 bits per heavy atom. The van der Waals surface area contributed by atoms with Gasteiger partial charge in [-0.2, -0.15) is 0 Å². The molecule has 0 heterocycles. The van der Waals surface area contributed by atoms with Crippen molar-refractivity contribution in [3.05, 3.63) is 59.7 Å². The van der Waals surface area contributed by atoms with Gasteiger partial charge in [-0.3, -0.25) is 9.98 Å². The Labute approximate surface area is 186 Å². The zero-order chi connectivity index (χ0) is 21.4. The second-order valence-corrected chi connectivity index (χ2v) is 15.2. The first-order chi connectivity index (χ1) is 12.9. The Bertz CT molecular complexity index is 736. The number of nitrogens with zero attached hydrogens (tertiary/aromatic N) is 2. The van der Waals surface area contributed by atoms with Crippen LogP contribution in [0.5, 0.6) is 0 Å². The van der Waals surface area contributed by atoms with Crippen LogP contribution < -0.4 is 0 Å². The van der Waals surface area contributed by atoms with E-state index in [-0.39, 0.29) is 10.8 Å². The average molecular weight is 478 g/mol. The molecule has 0 saturated heterocycles. The predicted molar refractivity (Wildman–Crippen MR) is 124 cm³/mol. The summed E-state index contributed by atoms with van der Waals surface area (Å²) >= 11 is -1.77.